The summed E-state index contributed by atoms with van der Waals surface area (Å²) >= 11 is 0.832. The van der Waals surface area contributed by atoms with Crippen LogP contribution in [0.4, 0.5) is 5.13 Å². The van der Waals surface area contributed by atoms with Gasteiger partial charge in [-0.1, -0.05) is 18.3 Å². The van der Waals surface area contributed by atoms with Crippen LogP contribution in [0.5, 0.6) is 5.75 Å². The summed E-state index contributed by atoms with van der Waals surface area (Å²) in [4.78, 5) is 12.1. The lowest BCUT2D eigenvalue weighted by atomic mass is 10.2. The third kappa shape index (κ3) is 4.49. The molecule has 0 unspecified atom stereocenters. The fourth-order valence-corrected chi connectivity index (χ4v) is 3.62. The van der Waals surface area contributed by atoms with Gasteiger partial charge >= 0.3 is 0 Å². The predicted octanol–water partition coefficient (Wildman–Crippen LogP) is 2.37. The molecule has 0 saturated heterocycles. The average molecular weight is 355 g/mol. The summed E-state index contributed by atoms with van der Waals surface area (Å²) in [6.45, 7) is 5.35. The van der Waals surface area contributed by atoms with Crippen LogP contribution in [0.25, 0.3) is 0 Å². The van der Waals surface area contributed by atoms with Crippen LogP contribution in [0.15, 0.2) is 28.6 Å². The number of nitrogens with zero attached hydrogens (tertiary/aromatic N) is 2. The molecule has 0 aliphatic rings. The van der Waals surface area contributed by atoms with Gasteiger partial charge in [-0.25, -0.2) is 8.42 Å². The van der Waals surface area contributed by atoms with E-state index >= 15 is 0 Å². The second-order valence-corrected chi connectivity index (χ2v) is 8.35. The lowest BCUT2D eigenvalue weighted by molar-refractivity contribution is 0.102. The standard InChI is InChI=1S/C14H17N3O4S2/c1-4-23(19,20)14-17-16-13(22-14)15-12(18)10-5-7-11(8-6-10)21-9(2)3/h5-9H,4H2,1-3H3,(H,15,16,18). The molecule has 0 atom stereocenters. The molecule has 2 aromatic rings. The number of sulfone groups is 1. The summed E-state index contributed by atoms with van der Waals surface area (Å²) < 4.78 is 28.8. The quantitative estimate of drug-likeness (QED) is 0.799. The number of amides is 1. The number of ether oxygens (including phenoxy) is 1. The first kappa shape index (κ1) is 17.4. The second kappa shape index (κ2) is 7.05. The van der Waals surface area contributed by atoms with E-state index in [1.807, 2.05) is 13.8 Å². The Morgan fingerprint density at radius 2 is 1.91 bits per heavy atom. The number of rotatable bonds is 6. The largest absolute Gasteiger partial charge is 0.491 e. The van der Waals surface area contributed by atoms with Crippen LogP contribution < -0.4 is 10.1 Å². The van der Waals surface area contributed by atoms with Crippen LogP contribution in [-0.2, 0) is 9.84 Å². The highest BCUT2D eigenvalue weighted by molar-refractivity contribution is 7.93. The van der Waals surface area contributed by atoms with Gasteiger partial charge in [-0.3, -0.25) is 10.1 Å². The molecule has 1 N–H and O–H groups in total. The van der Waals surface area contributed by atoms with E-state index in [-0.39, 0.29) is 21.3 Å². The maximum absolute atomic E-state index is 12.1. The fraction of sp³-hybridized carbons (Fsp3) is 0.357. The molecule has 1 aromatic heterocycles. The van der Waals surface area contributed by atoms with Crippen molar-refractivity contribution in [3.05, 3.63) is 29.8 Å². The minimum atomic E-state index is -3.42. The molecule has 0 fully saturated rings. The Morgan fingerprint density at radius 3 is 2.48 bits per heavy atom. The summed E-state index contributed by atoms with van der Waals surface area (Å²) in [5.41, 5.74) is 0.413. The zero-order chi connectivity index (χ0) is 17.0. The SMILES string of the molecule is CCS(=O)(=O)c1nnc(NC(=O)c2ccc(OC(C)C)cc2)s1. The van der Waals surface area contributed by atoms with Crippen LogP contribution in [0.3, 0.4) is 0 Å². The fourth-order valence-electron chi connectivity index (χ4n) is 1.64. The number of aromatic nitrogens is 2. The molecule has 0 aliphatic carbocycles. The lowest BCUT2D eigenvalue weighted by Gasteiger charge is -2.09. The molecule has 7 nitrogen and oxygen atoms in total. The van der Waals surface area contributed by atoms with Gasteiger partial charge in [0.05, 0.1) is 11.9 Å². The highest BCUT2D eigenvalue weighted by Gasteiger charge is 2.19. The molecular weight excluding hydrogens is 338 g/mol. The van der Waals surface area contributed by atoms with Crippen LogP contribution in [0.2, 0.25) is 0 Å². The summed E-state index contributed by atoms with van der Waals surface area (Å²) in [5, 5.41) is 9.96. The number of benzene rings is 1. The molecule has 0 spiro atoms. The smallest absolute Gasteiger partial charge is 0.257 e. The Morgan fingerprint density at radius 1 is 1.26 bits per heavy atom. The van der Waals surface area contributed by atoms with E-state index in [0.29, 0.717) is 11.3 Å². The minimum absolute atomic E-state index is 0.0509. The number of carbonyl (C=O) groups excluding carboxylic acids is 1. The van der Waals surface area contributed by atoms with Gasteiger partial charge in [0, 0.05) is 5.56 Å². The highest BCUT2D eigenvalue weighted by Crippen LogP contribution is 2.22. The van der Waals surface area contributed by atoms with Crippen molar-refractivity contribution in [2.75, 3.05) is 11.1 Å². The first-order valence-corrected chi connectivity index (χ1v) is 9.43. The van der Waals surface area contributed by atoms with Crippen molar-refractivity contribution in [3.8, 4) is 5.75 Å². The summed E-state index contributed by atoms with van der Waals surface area (Å²) in [6.07, 6.45) is 0.0509. The van der Waals surface area contributed by atoms with E-state index in [9.17, 15) is 13.2 Å². The molecule has 1 heterocycles. The molecule has 1 amide bonds. The van der Waals surface area contributed by atoms with E-state index < -0.39 is 15.7 Å². The summed E-state index contributed by atoms with van der Waals surface area (Å²) in [7, 11) is -3.42. The van der Waals surface area contributed by atoms with E-state index in [1.54, 1.807) is 24.3 Å². The maximum Gasteiger partial charge on any atom is 0.257 e. The van der Waals surface area contributed by atoms with Crippen LogP contribution >= 0.6 is 11.3 Å². The van der Waals surface area contributed by atoms with E-state index in [4.69, 9.17) is 4.74 Å². The van der Waals surface area contributed by atoms with Crippen LogP contribution in [0.1, 0.15) is 31.1 Å². The van der Waals surface area contributed by atoms with Crippen molar-refractivity contribution < 1.29 is 17.9 Å². The summed E-state index contributed by atoms with van der Waals surface area (Å²) in [5.74, 6) is 0.217. The van der Waals surface area contributed by atoms with Gasteiger partial charge in [0.15, 0.2) is 0 Å². The third-order valence-electron chi connectivity index (χ3n) is 2.76. The molecule has 124 valence electrons. The lowest BCUT2D eigenvalue weighted by Crippen LogP contribution is -2.12. The van der Waals surface area contributed by atoms with E-state index in [0.717, 1.165) is 11.3 Å². The van der Waals surface area contributed by atoms with Gasteiger partial charge in [0.1, 0.15) is 5.75 Å². The van der Waals surface area contributed by atoms with Gasteiger partial charge in [-0.15, -0.1) is 10.2 Å². The molecule has 0 saturated carbocycles. The Hall–Kier alpha value is -2.00. The first-order valence-electron chi connectivity index (χ1n) is 6.96. The van der Waals surface area contributed by atoms with Gasteiger partial charge in [-0.2, -0.15) is 0 Å². The van der Waals surface area contributed by atoms with Crippen LogP contribution in [0, 0.1) is 0 Å². The molecule has 0 aliphatic heterocycles. The van der Waals surface area contributed by atoms with Gasteiger partial charge in [0.25, 0.3) is 5.91 Å². The summed E-state index contributed by atoms with van der Waals surface area (Å²) in [6, 6.07) is 6.64. The number of anilines is 1. The van der Waals surface area contributed by atoms with Crippen molar-refractivity contribution in [3.63, 3.8) is 0 Å². The average Bonchev–Trinajstić information content (AvgIpc) is 2.96. The minimum Gasteiger partial charge on any atom is -0.491 e. The molecule has 0 radical (unpaired) electrons. The van der Waals surface area contributed by atoms with Crippen molar-refractivity contribution in [1.82, 2.24) is 10.2 Å². The highest BCUT2D eigenvalue weighted by atomic mass is 32.2. The van der Waals surface area contributed by atoms with Crippen molar-refractivity contribution in [2.45, 2.75) is 31.2 Å². The van der Waals surface area contributed by atoms with Crippen molar-refractivity contribution in [1.29, 1.82) is 0 Å². The molecule has 2 rings (SSSR count). The van der Waals surface area contributed by atoms with Crippen molar-refractivity contribution >= 4 is 32.2 Å². The van der Waals surface area contributed by atoms with E-state index in [2.05, 4.69) is 15.5 Å². The maximum atomic E-state index is 12.1. The van der Waals surface area contributed by atoms with Gasteiger partial charge in [0.2, 0.25) is 19.3 Å². The number of hydrogen-bond acceptors (Lipinski definition) is 7. The first-order chi connectivity index (χ1) is 10.8. The Labute approximate surface area is 138 Å². The number of nitrogens with one attached hydrogen (secondary N) is 1. The molecule has 23 heavy (non-hydrogen) atoms. The zero-order valence-corrected chi connectivity index (χ0v) is 14.6. The molecular formula is C14H17N3O4S2. The third-order valence-corrected chi connectivity index (χ3v) is 5.78. The number of hydrogen-bond donors (Lipinski definition) is 1. The van der Waals surface area contributed by atoms with Crippen LogP contribution in [-0.4, -0.2) is 36.4 Å². The molecule has 9 heteroatoms. The monoisotopic (exact) mass is 355 g/mol. The second-order valence-electron chi connectivity index (χ2n) is 4.92. The Bertz CT molecular complexity index is 783. The topological polar surface area (TPSA) is 98.3 Å². The predicted molar refractivity (Wildman–Crippen MR) is 87.8 cm³/mol. The Balaban J connectivity index is 2.07. The normalized spacial score (nSPS) is 11.5. The Kier molecular flexibility index (Phi) is 5.32. The molecule has 1 aromatic carbocycles. The van der Waals surface area contributed by atoms with E-state index in [1.165, 1.54) is 6.92 Å². The number of carbonyl (C=O) groups is 1. The molecule has 0 bridgehead atoms. The van der Waals surface area contributed by atoms with Crippen molar-refractivity contribution in [2.24, 2.45) is 0 Å². The van der Waals surface area contributed by atoms with Gasteiger partial charge in [-0.05, 0) is 38.1 Å². The zero-order valence-electron chi connectivity index (χ0n) is 12.9. The van der Waals surface area contributed by atoms with Gasteiger partial charge < -0.3 is 4.74 Å².